The van der Waals surface area contributed by atoms with E-state index in [2.05, 4.69) is 24.3 Å². The fraction of sp³-hybridized carbons (Fsp3) is 0.625. The van der Waals surface area contributed by atoms with Crippen molar-refractivity contribution < 1.29 is 0 Å². The molecular formula is C16H23N. The van der Waals surface area contributed by atoms with Crippen LogP contribution in [0.1, 0.15) is 68.0 Å². The van der Waals surface area contributed by atoms with Crippen molar-refractivity contribution in [2.24, 2.45) is 11.7 Å². The van der Waals surface area contributed by atoms with Gasteiger partial charge in [-0.05, 0) is 48.6 Å². The fourth-order valence-corrected chi connectivity index (χ4v) is 3.32. The highest BCUT2D eigenvalue weighted by atomic mass is 14.7. The van der Waals surface area contributed by atoms with Crippen molar-refractivity contribution in [2.75, 3.05) is 0 Å². The van der Waals surface area contributed by atoms with Gasteiger partial charge < -0.3 is 5.73 Å². The van der Waals surface area contributed by atoms with Crippen molar-refractivity contribution in [1.82, 2.24) is 0 Å². The molecule has 1 aromatic rings. The number of hydrogen-bond donors (Lipinski definition) is 1. The van der Waals surface area contributed by atoms with Crippen molar-refractivity contribution in [2.45, 2.75) is 56.9 Å². The standard InChI is InChI=1S/C16H23N/c17-16(14-4-1-2-5-14)15-10-8-13(9-11-15)12-6-3-7-12/h8-12,14,16H,1-7,17H2. The lowest BCUT2D eigenvalue weighted by atomic mass is 9.79. The summed E-state index contributed by atoms with van der Waals surface area (Å²) >= 11 is 0. The van der Waals surface area contributed by atoms with Gasteiger partial charge in [0.15, 0.2) is 0 Å². The third-order valence-electron chi connectivity index (χ3n) is 4.81. The normalized spacial score (nSPS) is 23.6. The molecule has 1 unspecified atom stereocenters. The summed E-state index contributed by atoms with van der Waals surface area (Å²) in [5.74, 6) is 1.57. The minimum absolute atomic E-state index is 0.271. The summed E-state index contributed by atoms with van der Waals surface area (Å²) in [6.07, 6.45) is 9.57. The Morgan fingerprint density at radius 2 is 1.53 bits per heavy atom. The molecule has 17 heavy (non-hydrogen) atoms. The number of hydrogen-bond acceptors (Lipinski definition) is 1. The molecule has 1 nitrogen and oxygen atoms in total. The van der Waals surface area contributed by atoms with Crippen molar-refractivity contribution in [1.29, 1.82) is 0 Å². The maximum absolute atomic E-state index is 6.37. The summed E-state index contributed by atoms with van der Waals surface area (Å²) in [4.78, 5) is 0. The van der Waals surface area contributed by atoms with Gasteiger partial charge in [-0.1, -0.05) is 43.5 Å². The molecule has 2 saturated carbocycles. The predicted molar refractivity (Wildman–Crippen MR) is 71.9 cm³/mol. The van der Waals surface area contributed by atoms with Gasteiger partial charge in [0.1, 0.15) is 0 Å². The highest BCUT2D eigenvalue weighted by molar-refractivity contribution is 5.28. The molecule has 2 aliphatic rings. The third-order valence-corrected chi connectivity index (χ3v) is 4.81. The predicted octanol–water partition coefficient (Wildman–Crippen LogP) is 4.14. The maximum atomic E-state index is 6.37. The van der Waals surface area contributed by atoms with Crippen LogP contribution >= 0.6 is 0 Å². The van der Waals surface area contributed by atoms with E-state index < -0.39 is 0 Å². The minimum atomic E-state index is 0.271. The van der Waals surface area contributed by atoms with E-state index in [4.69, 9.17) is 5.73 Å². The summed E-state index contributed by atoms with van der Waals surface area (Å²) in [5.41, 5.74) is 9.25. The number of nitrogens with two attached hydrogens (primary N) is 1. The molecule has 0 saturated heterocycles. The monoisotopic (exact) mass is 229 g/mol. The van der Waals surface area contributed by atoms with Crippen LogP contribution in [-0.2, 0) is 0 Å². The minimum Gasteiger partial charge on any atom is -0.324 e. The molecule has 2 fully saturated rings. The molecule has 1 atom stereocenters. The highest BCUT2D eigenvalue weighted by Gasteiger charge is 2.24. The summed E-state index contributed by atoms with van der Waals surface area (Å²) in [6.45, 7) is 0. The second-order valence-electron chi connectivity index (χ2n) is 5.86. The smallest absolute Gasteiger partial charge is 0.0323 e. The van der Waals surface area contributed by atoms with E-state index in [-0.39, 0.29) is 6.04 Å². The molecule has 2 aliphatic carbocycles. The van der Waals surface area contributed by atoms with E-state index in [1.165, 1.54) is 56.1 Å². The molecule has 0 amide bonds. The van der Waals surface area contributed by atoms with Crippen molar-refractivity contribution >= 4 is 0 Å². The highest BCUT2D eigenvalue weighted by Crippen LogP contribution is 2.38. The fourth-order valence-electron chi connectivity index (χ4n) is 3.32. The van der Waals surface area contributed by atoms with Crippen LogP contribution in [0.3, 0.4) is 0 Å². The molecule has 0 radical (unpaired) electrons. The van der Waals surface area contributed by atoms with Crippen LogP contribution in [0.15, 0.2) is 24.3 Å². The van der Waals surface area contributed by atoms with E-state index in [1.54, 1.807) is 0 Å². The lowest BCUT2D eigenvalue weighted by Crippen LogP contribution is -2.19. The van der Waals surface area contributed by atoms with Gasteiger partial charge in [-0.25, -0.2) is 0 Å². The zero-order valence-electron chi connectivity index (χ0n) is 10.6. The second-order valence-corrected chi connectivity index (χ2v) is 5.86. The van der Waals surface area contributed by atoms with Crippen LogP contribution in [0.5, 0.6) is 0 Å². The average molecular weight is 229 g/mol. The number of rotatable bonds is 3. The van der Waals surface area contributed by atoms with Gasteiger partial charge in [0.2, 0.25) is 0 Å². The summed E-state index contributed by atoms with van der Waals surface area (Å²) < 4.78 is 0. The van der Waals surface area contributed by atoms with Crippen LogP contribution in [0.25, 0.3) is 0 Å². The summed E-state index contributed by atoms with van der Waals surface area (Å²) in [6, 6.07) is 9.45. The summed E-state index contributed by atoms with van der Waals surface area (Å²) in [7, 11) is 0. The first-order valence-electron chi connectivity index (χ1n) is 7.20. The zero-order chi connectivity index (χ0) is 11.7. The van der Waals surface area contributed by atoms with Crippen LogP contribution < -0.4 is 5.73 Å². The van der Waals surface area contributed by atoms with Crippen molar-refractivity contribution in [3.63, 3.8) is 0 Å². The Labute approximate surface area is 104 Å². The third kappa shape index (κ3) is 2.26. The Balaban J connectivity index is 1.69. The molecule has 3 rings (SSSR count). The van der Waals surface area contributed by atoms with Crippen molar-refractivity contribution in [3.05, 3.63) is 35.4 Å². The quantitative estimate of drug-likeness (QED) is 0.828. The van der Waals surface area contributed by atoms with E-state index in [0.717, 1.165) is 11.8 Å². The number of benzene rings is 1. The van der Waals surface area contributed by atoms with Gasteiger partial charge in [0.05, 0.1) is 0 Å². The Morgan fingerprint density at radius 3 is 2.06 bits per heavy atom. The topological polar surface area (TPSA) is 26.0 Å². The molecule has 0 aromatic heterocycles. The molecule has 0 aliphatic heterocycles. The Kier molecular flexibility index (Phi) is 3.19. The molecule has 1 aromatic carbocycles. The molecule has 92 valence electrons. The molecule has 0 bridgehead atoms. The Morgan fingerprint density at radius 1 is 0.882 bits per heavy atom. The molecular weight excluding hydrogens is 206 g/mol. The average Bonchev–Trinajstić information content (AvgIpc) is 2.80. The summed E-state index contributed by atoms with van der Waals surface area (Å²) in [5, 5.41) is 0. The lowest BCUT2D eigenvalue weighted by Gasteiger charge is -2.26. The van der Waals surface area contributed by atoms with E-state index in [1.807, 2.05) is 0 Å². The zero-order valence-corrected chi connectivity index (χ0v) is 10.6. The Hall–Kier alpha value is -0.820. The van der Waals surface area contributed by atoms with Gasteiger partial charge in [-0.3, -0.25) is 0 Å². The van der Waals surface area contributed by atoms with Gasteiger partial charge in [0.25, 0.3) is 0 Å². The van der Waals surface area contributed by atoms with Gasteiger partial charge >= 0.3 is 0 Å². The largest absolute Gasteiger partial charge is 0.324 e. The first-order chi connectivity index (χ1) is 8.34. The second kappa shape index (κ2) is 4.81. The van der Waals surface area contributed by atoms with E-state index >= 15 is 0 Å². The molecule has 2 N–H and O–H groups in total. The van der Waals surface area contributed by atoms with Crippen molar-refractivity contribution in [3.8, 4) is 0 Å². The SMILES string of the molecule is NC(c1ccc(C2CCC2)cc1)C1CCCC1. The molecule has 0 heterocycles. The maximum Gasteiger partial charge on any atom is 0.0323 e. The van der Waals surface area contributed by atoms with Crippen LogP contribution in [-0.4, -0.2) is 0 Å². The van der Waals surface area contributed by atoms with Gasteiger partial charge in [-0.2, -0.15) is 0 Å². The molecule has 0 spiro atoms. The first-order valence-corrected chi connectivity index (χ1v) is 7.20. The Bertz CT molecular complexity index is 358. The van der Waals surface area contributed by atoms with E-state index in [0.29, 0.717) is 0 Å². The van der Waals surface area contributed by atoms with Crippen LogP contribution in [0.2, 0.25) is 0 Å². The van der Waals surface area contributed by atoms with E-state index in [9.17, 15) is 0 Å². The molecule has 1 heteroatoms. The van der Waals surface area contributed by atoms with Gasteiger partial charge in [-0.15, -0.1) is 0 Å². The van der Waals surface area contributed by atoms with Crippen LogP contribution in [0, 0.1) is 5.92 Å². The van der Waals surface area contributed by atoms with Gasteiger partial charge in [0, 0.05) is 6.04 Å². The van der Waals surface area contributed by atoms with Crippen LogP contribution in [0.4, 0.5) is 0 Å². The first kappa shape index (κ1) is 11.3. The lowest BCUT2D eigenvalue weighted by molar-refractivity contribution is 0.418.